The van der Waals surface area contributed by atoms with Crippen molar-refractivity contribution in [1.29, 1.82) is 5.26 Å². The molecule has 2 atom stereocenters. The summed E-state index contributed by atoms with van der Waals surface area (Å²) in [7, 11) is 1.79. The molecule has 0 saturated carbocycles. The number of β-amino-alcohol motifs (C(OH)–C–C–N with tert-alkyl or cyclic N) is 1. The number of likely N-dealkylation sites (N-methyl/N-ethyl adjacent to an activating group) is 1. The van der Waals surface area contributed by atoms with Gasteiger partial charge in [-0.05, 0) is 41.8 Å². The Balaban J connectivity index is 1.53. The number of benzene rings is 2. The van der Waals surface area contributed by atoms with Crippen molar-refractivity contribution in [3.63, 3.8) is 0 Å². The van der Waals surface area contributed by atoms with Crippen molar-refractivity contribution in [2.75, 3.05) is 37.8 Å². The van der Waals surface area contributed by atoms with Crippen LogP contribution in [0.5, 0.6) is 0 Å². The normalized spacial score (nSPS) is 19.0. The second-order valence-electron chi connectivity index (χ2n) is 8.30. The van der Waals surface area contributed by atoms with Crippen LogP contribution in [0.2, 0.25) is 0 Å². The van der Waals surface area contributed by atoms with Gasteiger partial charge in [0, 0.05) is 31.6 Å². The molecule has 7 nitrogen and oxygen atoms in total. The second kappa shape index (κ2) is 9.74. The molecule has 4 rings (SSSR count). The van der Waals surface area contributed by atoms with Crippen molar-refractivity contribution in [3.8, 4) is 6.07 Å². The lowest BCUT2D eigenvalue weighted by atomic mass is 10.0. The third-order valence-corrected chi connectivity index (χ3v) is 7.05. The van der Waals surface area contributed by atoms with Crippen LogP contribution in [0.3, 0.4) is 0 Å². The monoisotopic (exact) mass is 450 g/mol. The van der Waals surface area contributed by atoms with E-state index in [9.17, 15) is 20.0 Å². The highest BCUT2D eigenvalue weighted by Crippen LogP contribution is 2.32. The molecule has 0 spiro atoms. The van der Waals surface area contributed by atoms with Crippen molar-refractivity contribution in [3.05, 3.63) is 59.2 Å². The average Bonchev–Trinajstić information content (AvgIpc) is 3.21. The molecule has 8 heteroatoms. The lowest BCUT2D eigenvalue weighted by Gasteiger charge is -2.32. The number of anilines is 1. The highest BCUT2D eigenvalue weighted by molar-refractivity contribution is 8.00. The van der Waals surface area contributed by atoms with Crippen LogP contribution >= 0.6 is 11.8 Å². The zero-order chi connectivity index (χ0) is 22.7. The first-order chi connectivity index (χ1) is 15.4. The number of rotatable bonds is 6. The SMILES string of the molecule is CN(C(=O)Cc1ccc2c(c1)NC(=O)CS2)C(CN1CC[C@H](O)C1)c1cccc(C#N)c1. The highest BCUT2D eigenvalue weighted by atomic mass is 32.2. The van der Waals surface area contributed by atoms with E-state index in [-0.39, 0.29) is 30.4 Å². The summed E-state index contributed by atoms with van der Waals surface area (Å²) in [6.07, 6.45) is 0.591. The fourth-order valence-corrected chi connectivity index (χ4v) is 4.99. The van der Waals surface area contributed by atoms with Crippen LogP contribution < -0.4 is 5.32 Å². The van der Waals surface area contributed by atoms with Gasteiger partial charge in [-0.1, -0.05) is 18.2 Å². The summed E-state index contributed by atoms with van der Waals surface area (Å²) in [6.45, 7) is 1.95. The van der Waals surface area contributed by atoms with E-state index in [0.717, 1.165) is 34.7 Å². The number of carbonyl (C=O) groups is 2. The molecular formula is C24H26N4O3S. The van der Waals surface area contributed by atoms with Gasteiger partial charge in [0.15, 0.2) is 0 Å². The van der Waals surface area contributed by atoms with Crippen LogP contribution in [0.4, 0.5) is 5.69 Å². The minimum atomic E-state index is -0.342. The molecule has 1 saturated heterocycles. The molecule has 0 aliphatic carbocycles. The number of likely N-dealkylation sites (tertiary alicyclic amines) is 1. The topological polar surface area (TPSA) is 96.7 Å². The molecule has 2 aromatic carbocycles. The van der Waals surface area contributed by atoms with E-state index in [2.05, 4.69) is 16.3 Å². The Morgan fingerprint density at radius 2 is 2.22 bits per heavy atom. The van der Waals surface area contributed by atoms with E-state index in [4.69, 9.17) is 0 Å². The smallest absolute Gasteiger partial charge is 0.234 e. The maximum atomic E-state index is 13.3. The van der Waals surface area contributed by atoms with Gasteiger partial charge in [-0.25, -0.2) is 0 Å². The fraction of sp³-hybridized carbons (Fsp3) is 0.375. The number of hydrogen-bond donors (Lipinski definition) is 2. The minimum Gasteiger partial charge on any atom is -0.392 e. The number of nitriles is 1. The van der Waals surface area contributed by atoms with Crippen LogP contribution in [0.25, 0.3) is 0 Å². The third kappa shape index (κ3) is 5.13. The molecule has 1 fully saturated rings. The molecular weight excluding hydrogens is 424 g/mol. The van der Waals surface area contributed by atoms with Crippen LogP contribution in [0.1, 0.15) is 29.2 Å². The van der Waals surface area contributed by atoms with Crippen molar-refractivity contribution in [2.24, 2.45) is 0 Å². The van der Waals surface area contributed by atoms with E-state index in [1.165, 1.54) is 11.8 Å². The summed E-state index contributed by atoms with van der Waals surface area (Å²) in [5, 5.41) is 22.1. The average molecular weight is 451 g/mol. The Bertz CT molecular complexity index is 1070. The van der Waals surface area contributed by atoms with Crippen molar-refractivity contribution in [1.82, 2.24) is 9.80 Å². The van der Waals surface area contributed by atoms with Gasteiger partial charge in [-0.3, -0.25) is 14.5 Å². The van der Waals surface area contributed by atoms with Crippen molar-refractivity contribution >= 4 is 29.3 Å². The number of fused-ring (bicyclic) bond motifs is 1. The summed E-state index contributed by atoms with van der Waals surface area (Å²) in [6, 6.07) is 15.0. The number of carbonyl (C=O) groups excluding carboxylic acids is 2. The van der Waals surface area contributed by atoms with Gasteiger partial charge in [0.1, 0.15) is 0 Å². The summed E-state index contributed by atoms with van der Waals surface area (Å²) in [4.78, 5) is 29.8. The number of amides is 2. The second-order valence-corrected chi connectivity index (χ2v) is 9.32. The Morgan fingerprint density at radius 1 is 1.38 bits per heavy atom. The van der Waals surface area contributed by atoms with Crippen molar-refractivity contribution in [2.45, 2.75) is 29.9 Å². The number of aliphatic hydroxyl groups is 1. The van der Waals surface area contributed by atoms with Gasteiger partial charge in [-0.2, -0.15) is 5.26 Å². The van der Waals surface area contributed by atoms with Crippen LogP contribution in [0.15, 0.2) is 47.4 Å². The van der Waals surface area contributed by atoms with Gasteiger partial charge in [0.05, 0.1) is 41.6 Å². The zero-order valence-electron chi connectivity index (χ0n) is 18.0. The number of nitrogens with one attached hydrogen (secondary N) is 1. The zero-order valence-corrected chi connectivity index (χ0v) is 18.8. The molecule has 2 heterocycles. The maximum Gasteiger partial charge on any atom is 0.234 e. The number of nitrogens with zero attached hydrogens (tertiary/aromatic N) is 3. The summed E-state index contributed by atoms with van der Waals surface area (Å²) in [5.41, 5.74) is 3.04. The Kier molecular flexibility index (Phi) is 6.80. The first kappa shape index (κ1) is 22.3. The van der Waals surface area contributed by atoms with E-state index in [0.29, 0.717) is 24.4 Å². The van der Waals surface area contributed by atoms with Gasteiger partial charge in [-0.15, -0.1) is 11.8 Å². The van der Waals surface area contributed by atoms with E-state index >= 15 is 0 Å². The summed E-state index contributed by atoms with van der Waals surface area (Å²) < 4.78 is 0. The predicted octanol–water partition coefficient (Wildman–Crippen LogP) is 2.41. The number of hydrogen-bond acceptors (Lipinski definition) is 6. The lowest BCUT2D eigenvalue weighted by Crippen LogP contribution is -2.39. The first-order valence-corrected chi connectivity index (χ1v) is 11.6. The van der Waals surface area contributed by atoms with Gasteiger partial charge < -0.3 is 15.3 Å². The molecule has 2 N–H and O–H groups in total. The molecule has 1 unspecified atom stereocenters. The predicted molar refractivity (Wildman–Crippen MR) is 123 cm³/mol. The Hall–Kier alpha value is -2.86. The molecule has 2 aliphatic rings. The van der Waals surface area contributed by atoms with Crippen molar-refractivity contribution < 1.29 is 14.7 Å². The first-order valence-electron chi connectivity index (χ1n) is 10.6. The molecule has 32 heavy (non-hydrogen) atoms. The van der Waals surface area contributed by atoms with Gasteiger partial charge >= 0.3 is 0 Å². The standard InChI is InChI=1S/C24H26N4O3S/c1-27(24(31)11-16-5-6-22-20(10-16)26-23(30)15-32-22)21(14-28-8-7-19(29)13-28)18-4-2-3-17(9-18)12-25/h2-6,9-10,19,21,29H,7-8,11,13-15H2,1H3,(H,26,30)/t19-,21?/m0/s1. The van der Waals surface area contributed by atoms with E-state index in [1.54, 1.807) is 18.0 Å². The lowest BCUT2D eigenvalue weighted by molar-refractivity contribution is -0.131. The van der Waals surface area contributed by atoms with Crippen LogP contribution in [0, 0.1) is 11.3 Å². The summed E-state index contributed by atoms with van der Waals surface area (Å²) in [5.74, 6) is 0.322. The number of aliphatic hydroxyl groups excluding tert-OH is 1. The van der Waals surface area contributed by atoms with E-state index in [1.807, 2.05) is 36.4 Å². The largest absolute Gasteiger partial charge is 0.392 e. The quantitative estimate of drug-likeness (QED) is 0.702. The minimum absolute atomic E-state index is 0.0340. The molecule has 2 aliphatic heterocycles. The molecule has 0 aromatic heterocycles. The van der Waals surface area contributed by atoms with Gasteiger partial charge in [0.25, 0.3) is 0 Å². The molecule has 2 amide bonds. The highest BCUT2D eigenvalue weighted by Gasteiger charge is 2.28. The molecule has 2 aromatic rings. The molecule has 0 bridgehead atoms. The Labute approximate surface area is 192 Å². The fourth-order valence-electron chi connectivity index (χ4n) is 4.20. The van der Waals surface area contributed by atoms with E-state index < -0.39 is 0 Å². The molecule has 0 radical (unpaired) electrons. The third-order valence-electron chi connectivity index (χ3n) is 5.97. The van der Waals surface area contributed by atoms with Crippen LogP contribution in [-0.2, 0) is 16.0 Å². The summed E-state index contributed by atoms with van der Waals surface area (Å²) >= 11 is 1.49. The van der Waals surface area contributed by atoms with Crippen LogP contribution in [-0.4, -0.2) is 65.3 Å². The Morgan fingerprint density at radius 3 is 2.97 bits per heavy atom. The molecule has 166 valence electrons. The maximum absolute atomic E-state index is 13.3. The number of thioether (sulfide) groups is 1. The van der Waals surface area contributed by atoms with Gasteiger partial charge in [0.2, 0.25) is 11.8 Å².